The van der Waals surface area contributed by atoms with Crippen LogP contribution in [0.2, 0.25) is 0 Å². The van der Waals surface area contributed by atoms with Crippen LogP contribution in [-0.4, -0.2) is 41.9 Å². The molecule has 1 aliphatic heterocycles. The quantitative estimate of drug-likeness (QED) is 0.727. The predicted octanol–water partition coefficient (Wildman–Crippen LogP) is 1.35. The zero-order chi connectivity index (χ0) is 14.9. The Morgan fingerprint density at radius 1 is 1.25 bits per heavy atom. The molecule has 1 heterocycles. The summed E-state index contributed by atoms with van der Waals surface area (Å²) < 4.78 is 5.65. The van der Waals surface area contributed by atoms with E-state index in [0.29, 0.717) is 12.5 Å². The van der Waals surface area contributed by atoms with Crippen molar-refractivity contribution in [3.05, 3.63) is 0 Å². The molecule has 0 aromatic carbocycles. The van der Waals surface area contributed by atoms with Crippen LogP contribution in [-0.2, 0) is 9.53 Å². The highest BCUT2D eigenvalue weighted by Gasteiger charge is 2.41. The summed E-state index contributed by atoms with van der Waals surface area (Å²) in [6.45, 7) is 6.03. The number of carbonyl (C=O) groups is 2. The lowest BCUT2D eigenvalue weighted by molar-refractivity contribution is -0.141. The van der Waals surface area contributed by atoms with Crippen LogP contribution in [0.15, 0.2) is 0 Å². The van der Waals surface area contributed by atoms with Crippen molar-refractivity contribution in [1.82, 2.24) is 10.6 Å². The molecule has 0 aromatic heterocycles. The molecule has 6 heteroatoms. The van der Waals surface area contributed by atoms with Gasteiger partial charge in [-0.15, -0.1) is 0 Å². The molecular weight excluding hydrogens is 260 g/mol. The van der Waals surface area contributed by atoms with Gasteiger partial charge < -0.3 is 20.5 Å². The molecule has 0 radical (unpaired) electrons. The van der Waals surface area contributed by atoms with Gasteiger partial charge in [-0.05, 0) is 30.6 Å². The topological polar surface area (TPSA) is 87.7 Å². The van der Waals surface area contributed by atoms with Gasteiger partial charge >= 0.3 is 12.0 Å². The third-order valence-electron chi connectivity index (χ3n) is 3.93. The minimum Gasteiger partial charge on any atom is -0.480 e. The van der Waals surface area contributed by atoms with Crippen molar-refractivity contribution >= 4 is 12.0 Å². The lowest BCUT2D eigenvalue weighted by Gasteiger charge is -2.29. The fraction of sp³-hybridized carbons (Fsp3) is 0.857. The highest BCUT2D eigenvalue weighted by atomic mass is 16.5. The van der Waals surface area contributed by atoms with Crippen molar-refractivity contribution in [2.45, 2.75) is 58.2 Å². The number of nitrogens with one attached hydrogen (secondary N) is 2. The summed E-state index contributed by atoms with van der Waals surface area (Å²) in [4.78, 5) is 23.2. The number of aliphatic carboxylic acids is 1. The fourth-order valence-electron chi connectivity index (χ4n) is 2.65. The van der Waals surface area contributed by atoms with Crippen LogP contribution in [0.5, 0.6) is 0 Å². The first-order valence-corrected chi connectivity index (χ1v) is 7.20. The summed E-state index contributed by atoms with van der Waals surface area (Å²) in [7, 11) is 0. The average Bonchev–Trinajstić information content (AvgIpc) is 3.06. The second-order valence-corrected chi connectivity index (χ2v) is 6.82. The number of carboxylic acids is 1. The predicted molar refractivity (Wildman–Crippen MR) is 73.4 cm³/mol. The van der Waals surface area contributed by atoms with Gasteiger partial charge in [0.1, 0.15) is 6.04 Å². The second-order valence-electron chi connectivity index (χ2n) is 6.82. The summed E-state index contributed by atoms with van der Waals surface area (Å²) >= 11 is 0. The van der Waals surface area contributed by atoms with Gasteiger partial charge in [-0.1, -0.05) is 20.8 Å². The number of carbonyl (C=O) groups excluding carboxylic acids is 1. The molecule has 1 aliphatic carbocycles. The largest absolute Gasteiger partial charge is 0.480 e. The van der Waals surface area contributed by atoms with E-state index in [4.69, 9.17) is 4.74 Å². The van der Waals surface area contributed by atoms with Gasteiger partial charge in [-0.3, -0.25) is 0 Å². The van der Waals surface area contributed by atoms with Crippen LogP contribution >= 0.6 is 0 Å². The lowest BCUT2D eigenvalue weighted by Crippen LogP contribution is -2.55. The Morgan fingerprint density at radius 3 is 2.40 bits per heavy atom. The molecule has 2 amide bonds. The second kappa shape index (κ2) is 5.60. The molecule has 3 N–H and O–H groups in total. The molecule has 3 unspecified atom stereocenters. The number of hydrogen-bond donors (Lipinski definition) is 3. The Balaban J connectivity index is 1.89. The average molecular weight is 284 g/mol. The lowest BCUT2D eigenvalue weighted by atomic mass is 9.87. The van der Waals surface area contributed by atoms with Gasteiger partial charge in [0.2, 0.25) is 0 Å². The monoisotopic (exact) mass is 284 g/mol. The molecule has 2 aliphatic rings. The van der Waals surface area contributed by atoms with Crippen molar-refractivity contribution in [2.75, 3.05) is 6.61 Å². The zero-order valence-electron chi connectivity index (χ0n) is 12.3. The normalized spacial score (nSPS) is 27.9. The summed E-state index contributed by atoms with van der Waals surface area (Å²) in [5.41, 5.74) is -0.536. The van der Waals surface area contributed by atoms with Crippen molar-refractivity contribution in [3.8, 4) is 0 Å². The van der Waals surface area contributed by atoms with E-state index in [1.165, 1.54) is 0 Å². The van der Waals surface area contributed by atoms with Crippen molar-refractivity contribution < 1.29 is 19.4 Å². The Labute approximate surface area is 119 Å². The van der Waals surface area contributed by atoms with Gasteiger partial charge in [0.15, 0.2) is 0 Å². The third-order valence-corrected chi connectivity index (χ3v) is 3.93. The number of ether oxygens (including phenoxy) is 1. The first-order chi connectivity index (χ1) is 9.29. The molecule has 1 saturated heterocycles. The molecule has 6 nitrogen and oxygen atoms in total. The van der Waals surface area contributed by atoms with E-state index in [0.717, 1.165) is 19.3 Å². The summed E-state index contributed by atoms with van der Waals surface area (Å²) in [6.07, 6.45) is 3.20. The SMILES string of the molecule is CC(C)(C)C(NC(=O)NC1CCOC1C1CC1)C(=O)O. The minimum absolute atomic E-state index is 0.00286. The molecule has 2 rings (SSSR count). The Bertz CT molecular complexity index is 387. The van der Waals surface area contributed by atoms with Crippen LogP contribution in [0.4, 0.5) is 4.79 Å². The van der Waals surface area contributed by atoms with E-state index < -0.39 is 23.5 Å². The molecule has 0 aromatic rings. The molecule has 20 heavy (non-hydrogen) atoms. The molecule has 2 fully saturated rings. The minimum atomic E-state index is -1.02. The Kier molecular flexibility index (Phi) is 4.22. The highest BCUT2D eigenvalue weighted by molar-refractivity contribution is 5.83. The highest BCUT2D eigenvalue weighted by Crippen LogP contribution is 2.38. The summed E-state index contributed by atoms with van der Waals surface area (Å²) in [5, 5.41) is 14.6. The van der Waals surface area contributed by atoms with E-state index >= 15 is 0 Å². The van der Waals surface area contributed by atoms with E-state index in [1.54, 1.807) is 20.8 Å². The number of hydrogen-bond acceptors (Lipinski definition) is 3. The molecule has 3 atom stereocenters. The first kappa shape index (κ1) is 15.1. The van der Waals surface area contributed by atoms with Crippen LogP contribution in [0, 0.1) is 11.3 Å². The van der Waals surface area contributed by atoms with Gasteiger partial charge in [-0.25, -0.2) is 9.59 Å². The molecule has 1 saturated carbocycles. The Morgan fingerprint density at radius 2 is 1.90 bits per heavy atom. The number of amides is 2. The van der Waals surface area contributed by atoms with Crippen LogP contribution in [0.3, 0.4) is 0 Å². The van der Waals surface area contributed by atoms with Crippen LogP contribution in [0.1, 0.15) is 40.0 Å². The molecule has 114 valence electrons. The van der Waals surface area contributed by atoms with Gasteiger partial charge in [-0.2, -0.15) is 0 Å². The number of carboxylic acid groups (broad SMARTS) is 1. The summed E-state index contributed by atoms with van der Waals surface area (Å²) in [5.74, 6) is -0.463. The maximum absolute atomic E-state index is 12.0. The molecule has 0 spiro atoms. The zero-order valence-corrected chi connectivity index (χ0v) is 12.3. The molecule has 0 bridgehead atoms. The van der Waals surface area contributed by atoms with Crippen molar-refractivity contribution in [3.63, 3.8) is 0 Å². The fourth-order valence-corrected chi connectivity index (χ4v) is 2.65. The van der Waals surface area contributed by atoms with Crippen molar-refractivity contribution in [1.29, 1.82) is 0 Å². The maximum atomic E-state index is 12.0. The summed E-state index contributed by atoms with van der Waals surface area (Å²) in [6, 6.07) is -1.34. The number of rotatable bonds is 4. The van der Waals surface area contributed by atoms with Crippen molar-refractivity contribution in [2.24, 2.45) is 11.3 Å². The first-order valence-electron chi connectivity index (χ1n) is 7.20. The van der Waals surface area contributed by atoms with E-state index in [-0.39, 0.29) is 12.1 Å². The standard InChI is InChI=1S/C14H24N2O4/c1-14(2,3)11(12(17)18)16-13(19)15-9-6-7-20-10(9)8-4-5-8/h8-11H,4-7H2,1-3H3,(H,17,18)(H2,15,16,19). The van der Waals surface area contributed by atoms with E-state index in [1.807, 2.05) is 0 Å². The van der Waals surface area contributed by atoms with Crippen LogP contribution < -0.4 is 10.6 Å². The maximum Gasteiger partial charge on any atom is 0.326 e. The Hall–Kier alpha value is -1.30. The van der Waals surface area contributed by atoms with E-state index in [9.17, 15) is 14.7 Å². The van der Waals surface area contributed by atoms with Gasteiger partial charge in [0.25, 0.3) is 0 Å². The smallest absolute Gasteiger partial charge is 0.326 e. The van der Waals surface area contributed by atoms with E-state index in [2.05, 4.69) is 10.6 Å². The van der Waals surface area contributed by atoms with Gasteiger partial charge in [0, 0.05) is 6.61 Å². The molecular formula is C14H24N2O4. The third kappa shape index (κ3) is 3.62. The van der Waals surface area contributed by atoms with Gasteiger partial charge in [0.05, 0.1) is 12.1 Å². The number of urea groups is 1. The van der Waals surface area contributed by atoms with Crippen LogP contribution in [0.25, 0.3) is 0 Å².